The molecule has 6 heteroatoms. The van der Waals surface area contributed by atoms with E-state index < -0.39 is 0 Å². The molecule has 1 aliphatic rings. The third-order valence-corrected chi connectivity index (χ3v) is 5.10. The molecule has 1 aliphatic heterocycles. The van der Waals surface area contributed by atoms with Gasteiger partial charge < -0.3 is 14.5 Å². The average Bonchev–Trinajstić information content (AvgIpc) is 2.72. The third-order valence-electron chi connectivity index (χ3n) is 5.10. The Morgan fingerprint density at radius 2 is 2.11 bits per heavy atom. The van der Waals surface area contributed by atoms with Crippen LogP contribution in [0.4, 0.5) is 5.69 Å². The lowest BCUT2D eigenvalue weighted by molar-refractivity contribution is -0.121. The summed E-state index contributed by atoms with van der Waals surface area (Å²) in [5.74, 6) is 0.00755. The molecule has 1 unspecified atom stereocenters. The Labute approximate surface area is 166 Å². The Bertz CT molecular complexity index is 852. The van der Waals surface area contributed by atoms with Crippen molar-refractivity contribution in [2.24, 2.45) is 0 Å². The van der Waals surface area contributed by atoms with E-state index in [9.17, 15) is 9.59 Å². The van der Waals surface area contributed by atoms with Gasteiger partial charge >= 0.3 is 0 Å². The number of carbonyl (C=O) groups is 2. The molecular formula is C22H27N3O3. The van der Waals surface area contributed by atoms with Crippen molar-refractivity contribution in [2.45, 2.75) is 39.2 Å². The number of methoxy groups -OCH3 is 1. The lowest BCUT2D eigenvalue weighted by atomic mass is 10.0. The quantitative estimate of drug-likeness (QED) is 0.769. The summed E-state index contributed by atoms with van der Waals surface area (Å²) in [4.78, 5) is 33.8. The highest BCUT2D eigenvalue weighted by molar-refractivity contribution is 6.03. The predicted octanol–water partition coefficient (Wildman–Crippen LogP) is 3.45. The van der Waals surface area contributed by atoms with Crippen LogP contribution in [0.2, 0.25) is 0 Å². The lowest BCUT2D eigenvalue weighted by Gasteiger charge is -2.41. The summed E-state index contributed by atoms with van der Waals surface area (Å²) in [5.41, 5.74) is 2.38. The van der Waals surface area contributed by atoms with E-state index in [2.05, 4.69) is 11.9 Å². The summed E-state index contributed by atoms with van der Waals surface area (Å²) >= 11 is 0. The van der Waals surface area contributed by atoms with Crippen LogP contribution in [-0.2, 0) is 4.79 Å². The smallest absolute Gasteiger partial charge is 0.260 e. The molecule has 0 spiro atoms. The highest BCUT2D eigenvalue weighted by atomic mass is 16.5. The van der Waals surface area contributed by atoms with E-state index in [4.69, 9.17) is 4.74 Å². The van der Waals surface area contributed by atoms with Gasteiger partial charge in [0.25, 0.3) is 5.91 Å². The van der Waals surface area contributed by atoms with Crippen LogP contribution in [0.25, 0.3) is 0 Å². The monoisotopic (exact) mass is 381 g/mol. The van der Waals surface area contributed by atoms with Crippen LogP contribution in [0.5, 0.6) is 5.88 Å². The van der Waals surface area contributed by atoms with Gasteiger partial charge in [0.05, 0.1) is 13.2 Å². The van der Waals surface area contributed by atoms with Gasteiger partial charge in [-0.25, -0.2) is 4.98 Å². The number of ether oxygens (including phenoxy) is 1. The molecule has 3 rings (SSSR count). The summed E-state index contributed by atoms with van der Waals surface area (Å²) in [6, 6.07) is 11.3. The van der Waals surface area contributed by atoms with Gasteiger partial charge in [-0.15, -0.1) is 0 Å². The van der Waals surface area contributed by atoms with Crippen molar-refractivity contribution in [2.75, 3.05) is 25.1 Å². The molecule has 0 bridgehead atoms. The zero-order valence-corrected chi connectivity index (χ0v) is 16.7. The summed E-state index contributed by atoms with van der Waals surface area (Å²) in [5, 5.41) is 0. The van der Waals surface area contributed by atoms with Gasteiger partial charge in [-0.3, -0.25) is 9.59 Å². The highest BCUT2D eigenvalue weighted by Gasteiger charge is 2.36. The molecule has 1 atom stereocenters. The molecule has 148 valence electrons. The van der Waals surface area contributed by atoms with Gasteiger partial charge in [0, 0.05) is 18.4 Å². The first-order valence-electron chi connectivity index (χ1n) is 9.72. The molecular weight excluding hydrogens is 354 g/mol. The number of benzene rings is 1. The van der Waals surface area contributed by atoms with Crippen molar-refractivity contribution in [3.05, 3.63) is 53.7 Å². The number of nitrogens with zero attached hydrogens (tertiary/aromatic N) is 3. The Balaban J connectivity index is 1.89. The number of amides is 2. The molecule has 0 N–H and O–H groups in total. The SMILES string of the molecule is CCCCC1CN(c2cccc(C)c2)C(=O)CN1C(=O)c1cccnc1OC. The van der Waals surface area contributed by atoms with Crippen molar-refractivity contribution in [3.8, 4) is 5.88 Å². The van der Waals surface area contributed by atoms with Gasteiger partial charge in [-0.05, 0) is 43.2 Å². The van der Waals surface area contributed by atoms with Gasteiger partial charge in [-0.2, -0.15) is 0 Å². The van der Waals surface area contributed by atoms with Crippen LogP contribution in [-0.4, -0.2) is 47.9 Å². The van der Waals surface area contributed by atoms with Gasteiger partial charge in [0.15, 0.2) is 0 Å². The van der Waals surface area contributed by atoms with Crippen molar-refractivity contribution in [1.82, 2.24) is 9.88 Å². The van der Waals surface area contributed by atoms with E-state index in [1.54, 1.807) is 28.1 Å². The van der Waals surface area contributed by atoms with Gasteiger partial charge in [-0.1, -0.05) is 31.9 Å². The number of aryl methyl sites for hydroxylation is 1. The Hall–Kier alpha value is -2.89. The number of carbonyl (C=O) groups excluding carboxylic acids is 2. The molecule has 0 saturated carbocycles. The van der Waals surface area contributed by atoms with E-state index in [1.807, 2.05) is 31.2 Å². The summed E-state index contributed by atoms with van der Waals surface area (Å²) in [7, 11) is 1.49. The minimum absolute atomic E-state index is 0.0458. The van der Waals surface area contributed by atoms with Crippen LogP contribution < -0.4 is 9.64 Å². The summed E-state index contributed by atoms with van der Waals surface area (Å²) in [6.07, 6.45) is 4.47. The fourth-order valence-corrected chi connectivity index (χ4v) is 3.61. The van der Waals surface area contributed by atoms with E-state index >= 15 is 0 Å². The van der Waals surface area contributed by atoms with Crippen LogP contribution in [0.1, 0.15) is 42.1 Å². The molecule has 1 aromatic heterocycles. The van der Waals surface area contributed by atoms with Crippen molar-refractivity contribution in [1.29, 1.82) is 0 Å². The third kappa shape index (κ3) is 4.16. The molecule has 0 aliphatic carbocycles. The maximum absolute atomic E-state index is 13.2. The van der Waals surface area contributed by atoms with Gasteiger partial charge in [0.1, 0.15) is 12.1 Å². The molecule has 2 aromatic rings. The molecule has 2 heterocycles. The van der Waals surface area contributed by atoms with Crippen LogP contribution in [0.15, 0.2) is 42.6 Å². The maximum Gasteiger partial charge on any atom is 0.260 e. The Morgan fingerprint density at radius 3 is 2.82 bits per heavy atom. The molecule has 2 amide bonds. The lowest BCUT2D eigenvalue weighted by Crippen LogP contribution is -2.58. The average molecular weight is 381 g/mol. The number of rotatable bonds is 6. The first kappa shape index (κ1) is 19.9. The van der Waals surface area contributed by atoms with Crippen molar-refractivity contribution < 1.29 is 14.3 Å². The second kappa shape index (κ2) is 8.87. The number of unbranched alkanes of at least 4 members (excludes halogenated alkanes) is 1. The van der Waals surface area contributed by atoms with Gasteiger partial charge in [0.2, 0.25) is 11.8 Å². The Morgan fingerprint density at radius 1 is 1.29 bits per heavy atom. The second-order valence-corrected chi connectivity index (χ2v) is 7.13. The predicted molar refractivity (Wildman–Crippen MR) is 109 cm³/mol. The topological polar surface area (TPSA) is 62.7 Å². The highest BCUT2D eigenvalue weighted by Crippen LogP contribution is 2.26. The number of aromatic nitrogens is 1. The minimum Gasteiger partial charge on any atom is -0.480 e. The molecule has 28 heavy (non-hydrogen) atoms. The van der Waals surface area contributed by atoms with Crippen molar-refractivity contribution in [3.63, 3.8) is 0 Å². The second-order valence-electron chi connectivity index (χ2n) is 7.13. The number of pyridine rings is 1. The van der Waals surface area contributed by atoms with E-state index in [-0.39, 0.29) is 30.3 Å². The Kier molecular flexibility index (Phi) is 6.29. The molecule has 6 nitrogen and oxygen atoms in total. The first-order chi connectivity index (χ1) is 13.5. The summed E-state index contributed by atoms with van der Waals surface area (Å²) in [6.45, 7) is 4.69. The van der Waals surface area contributed by atoms with E-state index in [0.717, 1.165) is 30.5 Å². The molecule has 0 radical (unpaired) electrons. The van der Waals surface area contributed by atoms with Crippen LogP contribution in [0.3, 0.4) is 0 Å². The number of hydrogen-bond acceptors (Lipinski definition) is 4. The first-order valence-corrected chi connectivity index (χ1v) is 9.72. The van der Waals surface area contributed by atoms with Crippen LogP contribution in [0, 0.1) is 6.92 Å². The zero-order chi connectivity index (χ0) is 20.1. The number of hydrogen-bond donors (Lipinski definition) is 0. The van der Waals surface area contributed by atoms with Crippen molar-refractivity contribution >= 4 is 17.5 Å². The maximum atomic E-state index is 13.2. The number of piperazine rings is 1. The fourth-order valence-electron chi connectivity index (χ4n) is 3.61. The molecule has 1 aromatic carbocycles. The minimum atomic E-state index is -0.205. The summed E-state index contributed by atoms with van der Waals surface area (Å²) < 4.78 is 5.25. The zero-order valence-electron chi connectivity index (χ0n) is 16.7. The number of anilines is 1. The molecule has 1 saturated heterocycles. The molecule has 1 fully saturated rings. The van der Waals surface area contributed by atoms with E-state index in [0.29, 0.717) is 12.1 Å². The normalized spacial score (nSPS) is 17.0. The van der Waals surface area contributed by atoms with Crippen LogP contribution >= 0.6 is 0 Å². The van der Waals surface area contributed by atoms with E-state index in [1.165, 1.54) is 7.11 Å². The standard InChI is InChI=1S/C22H27N3O3/c1-4-5-9-18-14-24(17-10-6-8-16(2)13-17)20(26)15-25(18)22(27)19-11-7-12-23-21(19)28-3/h6-8,10-13,18H,4-5,9,14-15H2,1-3H3. The largest absolute Gasteiger partial charge is 0.480 e. The fraction of sp³-hybridized carbons (Fsp3) is 0.409.